The second-order valence-corrected chi connectivity index (χ2v) is 4.69. The first-order valence-corrected chi connectivity index (χ1v) is 6.34. The summed E-state index contributed by atoms with van der Waals surface area (Å²) < 4.78 is 0. The summed E-state index contributed by atoms with van der Waals surface area (Å²) in [5.41, 5.74) is 11.3. The Morgan fingerprint density at radius 3 is 2.71 bits per heavy atom. The molecule has 2 atom stereocenters. The number of rotatable bonds is 6. The summed E-state index contributed by atoms with van der Waals surface area (Å²) in [7, 11) is 0. The minimum absolute atomic E-state index is 0.0602. The molecule has 1 amide bonds. The molecule has 98 valence electrons. The average Bonchev–Trinajstić information content (AvgIpc) is 2.77. The van der Waals surface area contributed by atoms with Crippen LogP contribution < -0.4 is 11.5 Å². The first-order valence-electron chi connectivity index (χ1n) is 6.34. The summed E-state index contributed by atoms with van der Waals surface area (Å²) in [5.74, 6) is -0.0234. The second-order valence-electron chi connectivity index (χ2n) is 4.69. The van der Waals surface area contributed by atoms with Gasteiger partial charge in [-0.3, -0.25) is 9.59 Å². The number of unbranched alkanes of at least 4 members (excludes halogenated alkanes) is 1. The Morgan fingerprint density at radius 1 is 1.41 bits per heavy atom. The number of Topliss-reactive ketones (excluding diaryl/α,β-unsaturated/α-hetero) is 1. The maximum atomic E-state index is 12.1. The molecule has 0 unspecified atom stereocenters. The van der Waals surface area contributed by atoms with Crippen molar-refractivity contribution in [2.24, 2.45) is 11.5 Å². The van der Waals surface area contributed by atoms with Gasteiger partial charge in [-0.1, -0.05) is 6.42 Å². The number of likely N-dealkylation sites (tertiary alicyclic amines) is 1. The molecule has 5 heteroatoms. The fourth-order valence-corrected chi connectivity index (χ4v) is 2.30. The Labute approximate surface area is 103 Å². The van der Waals surface area contributed by atoms with Crippen LogP contribution in [0.4, 0.5) is 0 Å². The van der Waals surface area contributed by atoms with Gasteiger partial charge in [-0.05, 0) is 39.2 Å². The lowest BCUT2D eigenvalue weighted by atomic mass is 10.1. The fraction of sp³-hybridized carbons (Fsp3) is 0.833. The number of hydrogen-bond acceptors (Lipinski definition) is 4. The number of carbonyl (C=O) groups excluding carboxylic acids is 2. The van der Waals surface area contributed by atoms with Gasteiger partial charge < -0.3 is 16.4 Å². The van der Waals surface area contributed by atoms with Crippen LogP contribution in [0, 0.1) is 0 Å². The maximum absolute atomic E-state index is 12.1. The van der Waals surface area contributed by atoms with E-state index in [-0.39, 0.29) is 17.7 Å². The summed E-state index contributed by atoms with van der Waals surface area (Å²) in [6.45, 7) is 2.82. The highest BCUT2D eigenvalue weighted by Crippen LogP contribution is 2.19. The molecule has 1 aliphatic rings. The lowest BCUT2D eigenvalue weighted by Crippen LogP contribution is -2.48. The topological polar surface area (TPSA) is 89.4 Å². The Hall–Kier alpha value is -0.940. The minimum Gasteiger partial charge on any atom is -0.331 e. The van der Waals surface area contributed by atoms with Crippen molar-refractivity contribution in [1.82, 2.24) is 4.90 Å². The molecule has 0 aromatic carbocycles. The van der Waals surface area contributed by atoms with Crippen molar-refractivity contribution in [3.8, 4) is 0 Å². The quantitative estimate of drug-likeness (QED) is 0.642. The highest BCUT2D eigenvalue weighted by atomic mass is 16.2. The van der Waals surface area contributed by atoms with Crippen molar-refractivity contribution in [2.45, 2.75) is 51.1 Å². The molecule has 0 aromatic heterocycles. The summed E-state index contributed by atoms with van der Waals surface area (Å²) in [6.07, 6.45) is 4.07. The summed E-state index contributed by atoms with van der Waals surface area (Å²) >= 11 is 0. The third-order valence-corrected chi connectivity index (χ3v) is 3.29. The molecule has 17 heavy (non-hydrogen) atoms. The molecule has 0 aliphatic carbocycles. The van der Waals surface area contributed by atoms with Crippen LogP contribution in [0.15, 0.2) is 0 Å². The lowest BCUT2D eigenvalue weighted by Gasteiger charge is -2.25. The van der Waals surface area contributed by atoms with Crippen LogP contribution in [0.1, 0.15) is 39.0 Å². The van der Waals surface area contributed by atoms with Crippen molar-refractivity contribution in [2.75, 3.05) is 13.1 Å². The summed E-state index contributed by atoms with van der Waals surface area (Å²) in [4.78, 5) is 25.1. The number of nitrogens with zero attached hydrogens (tertiary/aromatic N) is 1. The van der Waals surface area contributed by atoms with E-state index < -0.39 is 6.04 Å². The Bertz CT molecular complexity index is 281. The van der Waals surface area contributed by atoms with Crippen LogP contribution in [0.3, 0.4) is 0 Å². The van der Waals surface area contributed by atoms with E-state index in [0.29, 0.717) is 19.5 Å². The van der Waals surface area contributed by atoms with E-state index in [9.17, 15) is 9.59 Å². The molecule has 5 nitrogen and oxygen atoms in total. The van der Waals surface area contributed by atoms with Gasteiger partial charge in [0.15, 0.2) is 5.78 Å². The van der Waals surface area contributed by atoms with Crippen molar-refractivity contribution in [3.05, 3.63) is 0 Å². The number of carbonyl (C=O) groups is 2. The first kappa shape index (κ1) is 14.1. The van der Waals surface area contributed by atoms with Crippen molar-refractivity contribution < 1.29 is 9.59 Å². The van der Waals surface area contributed by atoms with Gasteiger partial charge in [0.2, 0.25) is 5.91 Å². The van der Waals surface area contributed by atoms with Crippen LogP contribution >= 0.6 is 0 Å². The predicted molar refractivity (Wildman–Crippen MR) is 66.3 cm³/mol. The number of nitrogens with two attached hydrogens (primary N) is 2. The number of amides is 1. The van der Waals surface area contributed by atoms with Gasteiger partial charge in [-0.15, -0.1) is 0 Å². The van der Waals surface area contributed by atoms with Gasteiger partial charge in [-0.25, -0.2) is 0 Å². The molecular weight excluding hydrogens is 218 g/mol. The Kier molecular flexibility index (Phi) is 5.58. The Morgan fingerprint density at radius 2 is 2.12 bits per heavy atom. The monoisotopic (exact) mass is 241 g/mol. The zero-order chi connectivity index (χ0) is 12.8. The third kappa shape index (κ3) is 3.78. The third-order valence-electron chi connectivity index (χ3n) is 3.29. The minimum atomic E-state index is -0.485. The molecule has 0 bridgehead atoms. The normalized spacial score (nSPS) is 21.6. The van der Waals surface area contributed by atoms with E-state index >= 15 is 0 Å². The molecule has 0 aromatic rings. The highest BCUT2D eigenvalue weighted by Gasteiger charge is 2.33. The van der Waals surface area contributed by atoms with Gasteiger partial charge in [0.25, 0.3) is 0 Å². The van der Waals surface area contributed by atoms with Crippen LogP contribution in [0.25, 0.3) is 0 Å². The molecule has 1 heterocycles. The Balaban J connectivity index is 2.47. The molecular formula is C12H23N3O2. The zero-order valence-electron chi connectivity index (χ0n) is 10.5. The van der Waals surface area contributed by atoms with E-state index in [0.717, 1.165) is 25.7 Å². The highest BCUT2D eigenvalue weighted by molar-refractivity contribution is 5.90. The van der Waals surface area contributed by atoms with E-state index in [2.05, 4.69) is 0 Å². The summed E-state index contributed by atoms with van der Waals surface area (Å²) in [5, 5.41) is 0. The average molecular weight is 241 g/mol. The largest absolute Gasteiger partial charge is 0.331 e. The number of hydrogen-bond donors (Lipinski definition) is 2. The van der Waals surface area contributed by atoms with E-state index in [4.69, 9.17) is 11.5 Å². The van der Waals surface area contributed by atoms with Gasteiger partial charge >= 0.3 is 0 Å². The van der Waals surface area contributed by atoms with Crippen molar-refractivity contribution >= 4 is 11.7 Å². The predicted octanol–water partition coefficient (Wildman–Crippen LogP) is 0.0227. The van der Waals surface area contributed by atoms with E-state index in [1.165, 1.54) is 6.92 Å². The second kappa shape index (κ2) is 6.71. The smallest absolute Gasteiger partial charge is 0.240 e. The van der Waals surface area contributed by atoms with Crippen LogP contribution in [0.5, 0.6) is 0 Å². The standard InChI is InChI=1S/C12H23N3O2/c1-9(16)11-6-4-8-15(11)12(17)10(14)5-2-3-7-13/h10-11H,2-8,13-14H2,1H3/t10-,11-/m0/s1. The van der Waals surface area contributed by atoms with Crippen LogP contribution in [-0.2, 0) is 9.59 Å². The van der Waals surface area contributed by atoms with Gasteiger partial charge in [0.05, 0.1) is 12.1 Å². The van der Waals surface area contributed by atoms with Gasteiger partial charge in [0.1, 0.15) is 0 Å². The molecule has 1 aliphatic heterocycles. The molecule has 0 spiro atoms. The molecule has 1 fully saturated rings. The van der Waals surface area contributed by atoms with Crippen LogP contribution in [0.2, 0.25) is 0 Å². The number of ketones is 1. The van der Waals surface area contributed by atoms with E-state index in [1.807, 2.05) is 0 Å². The van der Waals surface area contributed by atoms with Crippen molar-refractivity contribution in [3.63, 3.8) is 0 Å². The first-order chi connectivity index (χ1) is 8.07. The SMILES string of the molecule is CC(=O)[C@@H]1CCCN1C(=O)[C@@H](N)CCCCN. The zero-order valence-corrected chi connectivity index (χ0v) is 10.5. The van der Waals surface area contributed by atoms with E-state index in [1.54, 1.807) is 4.90 Å². The molecule has 0 saturated carbocycles. The van der Waals surface area contributed by atoms with Gasteiger partial charge in [-0.2, -0.15) is 0 Å². The molecule has 4 N–H and O–H groups in total. The van der Waals surface area contributed by atoms with Crippen LogP contribution in [-0.4, -0.2) is 41.8 Å². The van der Waals surface area contributed by atoms with Gasteiger partial charge in [0, 0.05) is 6.54 Å². The lowest BCUT2D eigenvalue weighted by molar-refractivity contribution is -0.138. The maximum Gasteiger partial charge on any atom is 0.240 e. The molecule has 0 radical (unpaired) electrons. The summed E-state index contributed by atoms with van der Waals surface area (Å²) in [6, 6.07) is -0.732. The fourth-order valence-electron chi connectivity index (χ4n) is 2.30. The molecule has 1 rings (SSSR count). The molecule has 1 saturated heterocycles. The van der Waals surface area contributed by atoms with Crippen molar-refractivity contribution in [1.29, 1.82) is 0 Å².